The van der Waals surface area contributed by atoms with E-state index in [1.54, 1.807) is 0 Å². The van der Waals surface area contributed by atoms with Gasteiger partial charge in [0.05, 0.1) is 0 Å². The molecule has 2 N–H and O–H groups in total. The first-order valence-corrected chi connectivity index (χ1v) is 7.31. The van der Waals surface area contributed by atoms with Gasteiger partial charge in [-0.2, -0.15) is 0 Å². The predicted octanol–water partition coefficient (Wildman–Crippen LogP) is 3.86. The van der Waals surface area contributed by atoms with Crippen molar-refractivity contribution in [1.29, 1.82) is 0 Å². The van der Waals surface area contributed by atoms with Crippen LogP contribution in [0.4, 0.5) is 0 Å². The first kappa shape index (κ1) is 10.3. The van der Waals surface area contributed by atoms with Gasteiger partial charge in [-0.3, -0.25) is 0 Å². The molecule has 2 fully saturated rings. The lowest BCUT2D eigenvalue weighted by Gasteiger charge is -2.12. The molecule has 82 valence electrons. The van der Waals surface area contributed by atoms with Crippen molar-refractivity contribution in [1.82, 2.24) is 0 Å². The lowest BCUT2D eigenvalue weighted by atomic mass is 10.0. The molecule has 0 aromatic carbocycles. The Hall–Kier alpha value is 0.140. The molecule has 0 radical (unpaired) electrons. The van der Waals surface area contributed by atoms with Crippen LogP contribution in [0, 0.1) is 24.7 Å². The van der Waals surface area contributed by atoms with Gasteiger partial charge in [0.25, 0.3) is 0 Å². The Balaban J connectivity index is 1.80. The molecule has 0 spiro atoms. The van der Waals surface area contributed by atoms with Gasteiger partial charge in [0.2, 0.25) is 0 Å². The monoisotopic (exact) mass is 285 g/mol. The molecule has 2 saturated carbocycles. The summed E-state index contributed by atoms with van der Waals surface area (Å²) in [6.45, 7) is 2.15. The maximum atomic E-state index is 6.39. The first-order chi connectivity index (χ1) is 7.18. The van der Waals surface area contributed by atoms with E-state index in [0.29, 0.717) is 0 Å². The van der Waals surface area contributed by atoms with Gasteiger partial charge >= 0.3 is 0 Å². The van der Waals surface area contributed by atoms with Crippen LogP contribution in [0.5, 0.6) is 0 Å². The summed E-state index contributed by atoms with van der Waals surface area (Å²) in [6.07, 6.45) is 4.28. The molecule has 3 unspecified atom stereocenters. The van der Waals surface area contributed by atoms with E-state index >= 15 is 0 Å². The number of aryl methyl sites for hydroxylation is 1. The number of hydrogen-bond acceptors (Lipinski definition) is 2. The molecular formula is C12H16BrNS. The van der Waals surface area contributed by atoms with E-state index in [1.165, 1.54) is 33.5 Å². The molecular weight excluding hydrogens is 270 g/mol. The third-order valence-corrected chi connectivity index (χ3v) is 6.10. The Morgan fingerprint density at radius 3 is 2.67 bits per heavy atom. The van der Waals surface area contributed by atoms with E-state index in [4.69, 9.17) is 5.73 Å². The summed E-state index contributed by atoms with van der Waals surface area (Å²) >= 11 is 5.48. The average Bonchev–Trinajstić information content (AvgIpc) is 2.58. The minimum absolute atomic E-state index is 0.286. The van der Waals surface area contributed by atoms with Crippen LogP contribution in [-0.2, 0) is 0 Å². The highest BCUT2D eigenvalue weighted by Crippen LogP contribution is 2.62. The summed E-state index contributed by atoms with van der Waals surface area (Å²) < 4.78 is 1.22. The van der Waals surface area contributed by atoms with E-state index in [9.17, 15) is 0 Å². The predicted molar refractivity (Wildman–Crippen MR) is 68.0 cm³/mol. The minimum Gasteiger partial charge on any atom is -0.323 e. The van der Waals surface area contributed by atoms with Crippen LogP contribution in [0.2, 0.25) is 0 Å². The van der Waals surface area contributed by atoms with Crippen molar-refractivity contribution in [2.24, 2.45) is 23.5 Å². The molecule has 15 heavy (non-hydrogen) atoms. The topological polar surface area (TPSA) is 26.0 Å². The van der Waals surface area contributed by atoms with Crippen molar-refractivity contribution < 1.29 is 0 Å². The summed E-state index contributed by atoms with van der Waals surface area (Å²) in [6, 6.07) is 2.48. The Kier molecular flexibility index (Phi) is 2.45. The van der Waals surface area contributed by atoms with Crippen LogP contribution in [0.1, 0.15) is 35.1 Å². The number of thiophene rings is 1. The van der Waals surface area contributed by atoms with Crippen molar-refractivity contribution in [2.75, 3.05) is 0 Å². The largest absolute Gasteiger partial charge is 0.323 e. The highest BCUT2D eigenvalue weighted by molar-refractivity contribution is 9.10. The molecule has 2 aliphatic carbocycles. The molecule has 0 amide bonds. The molecule has 1 aromatic rings. The second-order valence-electron chi connectivity index (χ2n) is 4.93. The maximum absolute atomic E-state index is 6.39. The van der Waals surface area contributed by atoms with Crippen molar-refractivity contribution in [3.8, 4) is 0 Å². The Bertz CT molecular complexity index is 377. The van der Waals surface area contributed by atoms with Gasteiger partial charge in [0.1, 0.15) is 0 Å². The number of halogens is 1. The maximum Gasteiger partial charge on any atom is 0.0435 e. The van der Waals surface area contributed by atoms with Crippen LogP contribution in [0.25, 0.3) is 0 Å². The zero-order chi connectivity index (χ0) is 10.6. The normalized spacial score (nSPS) is 35.3. The Morgan fingerprint density at radius 2 is 2.13 bits per heavy atom. The van der Waals surface area contributed by atoms with E-state index in [1.807, 2.05) is 11.3 Å². The smallest absolute Gasteiger partial charge is 0.0435 e. The van der Waals surface area contributed by atoms with Crippen LogP contribution in [0.3, 0.4) is 0 Å². The molecule has 1 heterocycles. The average molecular weight is 286 g/mol. The van der Waals surface area contributed by atoms with Crippen LogP contribution in [-0.4, -0.2) is 0 Å². The van der Waals surface area contributed by atoms with Crippen LogP contribution >= 0.6 is 27.3 Å². The molecule has 0 aliphatic heterocycles. The van der Waals surface area contributed by atoms with Gasteiger partial charge in [-0.15, -0.1) is 11.3 Å². The number of nitrogens with two attached hydrogens (primary N) is 1. The molecule has 0 saturated heterocycles. The van der Waals surface area contributed by atoms with Gasteiger partial charge in [-0.1, -0.05) is 6.42 Å². The third-order valence-electron chi connectivity index (χ3n) is 4.03. The van der Waals surface area contributed by atoms with Gasteiger partial charge < -0.3 is 5.73 Å². The number of rotatable bonds is 2. The molecule has 3 atom stereocenters. The number of fused-ring (bicyclic) bond motifs is 1. The number of hydrogen-bond donors (Lipinski definition) is 1. The van der Waals surface area contributed by atoms with Gasteiger partial charge in [-0.05, 0) is 59.5 Å². The second-order valence-corrected chi connectivity index (χ2v) is 7.07. The van der Waals surface area contributed by atoms with Crippen molar-refractivity contribution >= 4 is 27.3 Å². The van der Waals surface area contributed by atoms with Crippen LogP contribution in [0.15, 0.2) is 10.5 Å². The molecule has 3 rings (SSSR count). The quantitative estimate of drug-likeness (QED) is 0.877. The zero-order valence-corrected chi connectivity index (χ0v) is 11.3. The summed E-state index contributed by atoms with van der Waals surface area (Å²) in [4.78, 5) is 2.73. The molecule has 1 aromatic heterocycles. The summed E-state index contributed by atoms with van der Waals surface area (Å²) in [5.74, 6) is 2.69. The van der Waals surface area contributed by atoms with Crippen molar-refractivity contribution in [3.05, 3.63) is 20.3 Å². The lowest BCUT2D eigenvalue weighted by molar-refractivity contribution is 0.506. The van der Waals surface area contributed by atoms with Crippen LogP contribution < -0.4 is 5.73 Å². The van der Waals surface area contributed by atoms with E-state index in [2.05, 4.69) is 28.9 Å². The fourth-order valence-corrected chi connectivity index (χ4v) is 5.29. The highest BCUT2D eigenvalue weighted by atomic mass is 79.9. The van der Waals surface area contributed by atoms with E-state index in [-0.39, 0.29) is 6.04 Å². The summed E-state index contributed by atoms with van der Waals surface area (Å²) in [5, 5.41) is 0. The third kappa shape index (κ3) is 1.60. The van der Waals surface area contributed by atoms with Gasteiger partial charge in [0, 0.05) is 20.3 Å². The fourth-order valence-electron chi connectivity index (χ4n) is 3.31. The van der Waals surface area contributed by atoms with E-state index < -0.39 is 0 Å². The van der Waals surface area contributed by atoms with E-state index in [0.717, 1.165) is 17.8 Å². The molecule has 2 aliphatic rings. The Morgan fingerprint density at radius 1 is 1.47 bits per heavy atom. The summed E-state index contributed by atoms with van der Waals surface area (Å²) in [5.41, 5.74) is 6.39. The standard InChI is InChI=1S/C12H16BrNS/c1-6-5-9(13)12(15-6)11(14)10-7-3-2-4-8(7)10/h5,7-8,10-11H,2-4,14H2,1H3. The van der Waals surface area contributed by atoms with Crippen molar-refractivity contribution in [3.63, 3.8) is 0 Å². The van der Waals surface area contributed by atoms with Gasteiger partial charge in [-0.25, -0.2) is 0 Å². The highest BCUT2D eigenvalue weighted by Gasteiger charge is 2.55. The molecule has 1 nitrogen and oxygen atoms in total. The minimum atomic E-state index is 0.286. The van der Waals surface area contributed by atoms with Crippen molar-refractivity contribution in [2.45, 2.75) is 32.2 Å². The SMILES string of the molecule is Cc1cc(Br)c(C(N)C2C3CCCC32)s1. The fraction of sp³-hybridized carbons (Fsp3) is 0.667. The lowest BCUT2D eigenvalue weighted by Crippen LogP contribution is -2.14. The summed E-state index contributed by atoms with van der Waals surface area (Å²) in [7, 11) is 0. The zero-order valence-electron chi connectivity index (χ0n) is 8.87. The Labute approximate surface area is 103 Å². The first-order valence-electron chi connectivity index (χ1n) is 5.70. The molecule has 0 bridgehead atoms. The molecule has 3 heteroatoms. The second kappa shape index (κ2) is 3.57. The van der Waals surface area contributed by atoms with Gasteiger partial charge in [0.15, 0.2) is 0 Å².